The number of carbonyl (C=O) groups excluding carboxylic acids is 2. The molecule has 128 valence electrons. The lowest BCUT2D eigenvalue weighted by atomic mass is 10.1. The first kappa shape index (κ1) is 17.2. The van der Waals surface area contributed by atoms with Gasteiger partial charge in [-0.15, -0.1) is 0 Å². The summed E-state index contributed by atoms with van der Waals surface area (Å²) in [6.07, 6.45) is -2.33. The largest absolute Gasteiger partial charge is 0.440 e. The van der Waals surface area contributed by atoms with Gasteiger partial charge < -0.3 is 19.5 Å². The molecule has 0 aromatic carbocycles. The van der Waals surface area contributed by atoms with Crippen LogP contribution in [0.1, 0.15) is 24.6 Å². The number of likely N-dealkylation sites (tertiary alicyclic amines) is 1. The molecule has 0 saturated carbocycles. The molecule has 0 aliphatic carbocycles. The maximum atomic E-state index is 12.2. The minimum Gasteiger partial charge on any atom is -0.440 e. The number of aromatic nitrogens is 1. The smallest absolute Gasteiger partial charge is 0.422 e. The van der Waals surface area contributed by atoms with Crippen molar-refractivity contribution in [1.82, 2.24) is 14.8 Å². The number of hydrogen-bond donors (Lipinski definition) is 1. The number of halogens is 3. The van der Waals surface area contributed by atoms with Crippen LogP contribution in [-0.2, 0) is 16.6 Å². The minimum absolute atomic E-state index is 0.0875. The van der Waals surface area contributed by atoms with Gasteiger partial charge in [0.15, 0.2) is 6.61 Å². The summed E-state index contributed by atoms with van der Waals surface area (Å²) in [6.45, 7) is -1.52. The van der Waals surface area contributed by atoms with Gasteiger partial charge in [0.1, 0.15) is 6.54 Å². The summed E-state index contributed by atoms with van der Waals surface area (Å²) in [7, 11) is 1.88. The van der Waals surface area contributed by atoms with Gasteiger partial charge in [0.2, 0.25) is 5.91 Å². The lowest BCUT2D eigenvalue weighted by Crippen LogP contribution is -2.40. The highest BCUT2D eigenvalue weighted by Crippen LogP contribution is 2.31. The van der Waals surface area contributed by atoms with Gasteiger partial charge in [0, 0.05) is 25.5 Å². The van der Waals surface area contributed by atoms with Crippen LogP contribution in [0.4, 0.5) is 18.0 Å². The molecule has 1 atom stereocenters. The summed E-state index contributed by atoms with van der Waals surface area (Å²) >= 11 is 0. The van der Waals surface area contributed by atoms with E-state index in [1.54, 1.807) is 4.90 Å². The Morgan fingerprint density at radius 1 is 1.43 bits per heavy atom. The monoisotopic (exact) mass is 333 g/mol. The Kier molecular flexibility index (Phi) is 5.17. The van der Waals surface area contributed by atoms with Crippen LogP contribution in [0.15, 0.2) is 18.3 Å². The van der Waals surface area contributed by atoms with Crippen molar-refractivity contribution >= 4 is 12.0 Å². The predicted octanol–water partition coefficient (Wildman–Crippen LogP) is 1.98. The molecule has 1 aromatic heterocycles. The van der Waals surface area contributed by atoms with Crippen molar-refractivity contribution < 1.29 is 27.5 Å². The first-order chi connectivity index (χ1) is 10.8. The number of hydrogen-bond acceptors (Lipinski definition) is 3. The molecule has 1 aliphatic heterocycles. The fourth-order valence-corrected chi connectivity index (χ4v) is 2.64. The summed E-state index contributed by atoms with van der Waals surface area (Å²) in [5.41, 5.74) is 0.982. The van der Waals surface area contributed by atoms with Crippen LogP contribution in [-0.4, -0.2) is 47.3 Å². The molecule has 1 aliphatic rings. The van der Waals surface area contributed by atoms with Gasteiger partial charge in [-0.25, -0.2) is 4.79 Å². The van der Waals surface area contributed by atoms with Gasteiger partial charge in [-0.2, -0.15) is 13.2 Å². The number of alkyl halides is 3. The highest BCUT2D eigenvalue weighted by molar-refractivity contribution is 5.82. The molecule has 6 nitrogen and oxygen atoms in total. The van der Waals surface area contributed by atoms with Gasteiger partial charge >= 0.3 is 12.3 Å². The highest BCUT2D eigenvalue weighted by Gasteiger charge is 2.32. The van der Waals surface area contributed by atoms with Crippen LogP contribution < -0.4 is 5.32 Å². The zero-order chi connectivity index (χ0) is 17.0. The summed E-state index contributed by atoms with van der Waals surface area (Å²) in [4.78, 5) is 25.0. The molecule has 9 heteroatoms. The van der Waals surface area contributed by atoms with Gasteiger partial charge in [0.05, 0.1) is 6.04 Å². The van der Waals surface area contributed by atoms with E-state index in [-0.39, 0.29) is 11.9 Å². The molecule has 23 heavy (non-hydrogen) atoms. The average molecular weight is 333 g/mol. The number of nitrogens with zero attached hydrogens (tertiary/aromatic N) is 2. The Bertz CT molecular complexity index is 571. The number of aryl methyl sites for hydroxylation is 1. The lowest BCUT2D eigenvalue weighted by molar-refractivity contribution is -0.160. The molecule has 0 radical (unpaired) electrons. The number of rotatable bonds is 4. The van der Waals surface area contributed by atoms with E-state index in [4.69, 9.17) is 0 Å². The molecular formula is C14H18F3N3O3. The third-order valence-electron chi connectivity index (χ3n) is 3.65. The zero-order valence-electron chi connectivity index (χ0n) is 12.6. The first-order valence-corrected chi connectivity index (χ1v) is 7.16. The van der Waals surface area contributed by atoms with E-state index < -0.39 is 25.4 Å². The average Bonchev–Trinajstić information content (AvgIpc) is 3.09. The molecule has 1 fully saturated rings. The van der Waals surface area contributed by atoms with Gasteiger partial charge in [0.25, 0.3) is 0 Å². The van der Waals surface area contributed by atoms with E-state index in [1.165, 1.54) is 0 Å². The standard InChI is InChI=1S/C14H18F3N3O3/c1-19-6-2-4-10(19)11-5-3-7-20(11)12(21)8-18-13(22)23-9-14(15,16)17/h2,4,6,11H,3,5,7-9H2,1H3,(H,18,22)/t11-/m0/s1. The zero-order valence-corrected chi connectivity index (χ0v) is 12.6. The number of ether oxygens (including phenoxy) is 1. The van der Waals surface area contributed by atoms with E-state index in [9.17, 15) is 22.8 Å². The minimum atomic E-state index is -4.59. The molecule has 0 unspecified atom stereocenters. The Hall–Kier alpha value is -2.19. The van der Waals surface area contributed by atoms with E-state index in [1.807, 2.05) is 29.9 Å². The van der Waals surface area contributed by atoms with E-state index in [0.29, 0.717) is 6.54 Å². The van der Waals surface area contributed by atoms with Crippen molar-refractivity contribution in [3.8, 4) is 0 Å². The van der Waals surface area contributed by atoms with Gasteiger partial charge in [-0.3, -0.25) is 4.79 Å². The molecular weight excluding hydrogens is 315 g/mol. The normalized spacial score (nSPS) is 18.1. The second kappa shape index (κ2) is 6.93. The van der Waals surface area contributed by atoms with E-state index in [2.05, 4.69) is 10.1 Å². The van der Waals surface area contributed by atoms with E-state index >= 15 is 0 Å². The van der Waals surface area contributed by atoms with E-state index in [0.717, 1.165) is 18.5 Å². The van der Waals surface area contributed by atoms with Crippen LogP contribution >= 0.6 is 0 Å². The molecule has 2 rings (SSSR count). The van der Waals surface area contributed by atoms with Crippen LogP contribution in [0.25, 0.3) is 0 Å². The van der Waals surface area contributed by atoms with Crippen LogP contribution in [0, 0.1) is 0 Å². The second-order valence-corrected chi connectivity index (χ2v) is 5.33. The summed E-state index contributed by atoms with van der Waals surface area (Å²) in [6, 6.07) is 3.71. The molecule has 0 bridgehead atoms. The second-order valence-electron chi connectivity index (χ2n) is 5.33. The topological polar surface area (TPSA) is 63.6 Å². The molecule has 2 heterocycles. The maximum absolute atomic E-state index is 12.2. The van der Waals surface area contributed by atoms with Crippen molar-refractivity contribution in [1.29, 1.82) is 0 Å². The summed E-state index contributed by atoms with van der Waals surface area (Å²) in [5, 5.41) is 2.05. The Morgan fingerprint density at radius 3 is 2.78 bits per heavy atom. The maximum Gasteiger partial charge on any atom is 0.422 e. The molecule has 2 amide bonds. The van der Waals surface area contributed by atoms with Crippen molar-refractivity contribution in [2.24, 2.45) is 7.05 Å². The fourth-order valence-electron chi connectivity index (χ4n) is 2.64. The Morgan fingerprint density at radius 2 is 2.17 bits per heavy atom. The first-order valence-electron chi connectivity index (χ1n) is 7.16. The number of amides is 2. The van der Waals surface area contributed by atoms with Gasteiger partial charge in [-0.1, -0.05) is 0 Å². The SMILES string of the molecule is Cn1cccc1[C@@H]1CCCN1C(=O)CNC(=O)OCC(F)(F)F. The Labute approximate surface area is 131 Å². The van der Waals surface area contributed by atoms with Crippen LogP contribution in [0.5, 0.6) is 0 Å². The van der Waals surface area contributed by atoms with Gasteiger partial charge in [-0.05, 0) is 25.0 Å². The number of carbonyl (C=O) groups is 2. The van der Waals surface area contributed by atoms with Crippen molar-refractivity contribution in [3.63, 3.8) is 0 Å². The predicted molar refractivity (Wildman–Crippen MR) is 74.5 cm³/mol. The fraction of sp³-hybridized carbons (Fsp3) is 0.571. The summed E-state index contributed by atoms with van der Waals surface area (Å²) in [5.74, 6) is -0.349. The molecule has 0 spiro atoms. The number of alkyl carbamates (subject to hydrolysis) is 1. The quantitative estimate of drug-likeness (QED) is 0.916. The highest BCUT2D eigenvalue weighted by atomic mass is 19.4. The molecule has 1 saturated heterocycles. The molecule has 1 aromatic rings. The number of nitrogens with one attached hydrogen (secondary N) is 1. The lowest BCUT2D eigenvalue weighted by Gasteiger charge is -2.25. The van der Waals surface area contributed by atoms with Crippen molar-refractivity contribution in [2.75, 3.05) is 19.7 Å². The Balaban J connectivity index is 1.85. The van der Waals surface area contributed by atoms with Crippen molar-refractivity contribution in [3.05, 3.63) is 24.0 Å². The van der Waals surface area contributed by atoms with Crippen LogP contribution in [0.2, 0.25) is 0 Å². The summed E-state index contributed by atoms with van der Waals surface area (Å²) < 4.78 is 41.7. The van der Waals surface area contributed by atoms with Crippen molar-refractivity contribution in [2.45, 2.75) is 25.1 Å². The third-order valence-corrected chi connectivity index (χ3v) is 3.65. The molecule has 1 N–H and O–H groups in total. The van der Waals surface area contributed by atoms with Crippen LogP contribution in [0.3, 0.4) is 0 Å². The third kappa shape index (κ3) is 4.64.